The van der Waals surface area contributed by atoms with Crippen molar-refractivity contribution in [3.05, 3.63) is 111 Å². The third-order valence-electron chi connectivity index (χ3n) is 4.14. The SMILES string of the molecule is Cc1ccc(C(=O)Oc2ccc(C(=O)/C=C/c3cccc([N+](=O)[O-])c3)cc2)cc1. The first-order valence-electron chi connectivity index (χ1n) is 8.78. The van der Waals surface area contributed by atoms with Gasteiger partial charge in [0.25, 0.3) is 5.69 Å². The lowest BCUT2D eigenvalue weighted by atomic mass is 10.1. The Labute approximate surface area is 167 Å². The topological polar surface area (TPSA) is 86.5 Å². The standard InChI is InChI=1S/C23H17NO5/c1-16-5-8-19(9-6-16)23(26)29-21-12-10-18(11-13-21)22(25)14-7-17-3-2-4-20(15-17)24(27)28/h2-15H,1H3/b14-7+. The number of carbonyl (C=O) groups is 2. The van der Waals surface area contributed by atoms with E-state index in [1.165, 1.54) is 24.3 Å². The minimum Gasteiger partial charge on any atom is -0.423 e. The predicted octanol–water partition coefficient (Wildman–Crippen LogP) is 5.02. The van der Waals surface area contributed by atoms with Crippen molar-refractivity contribution in [1.82, 2.24) is 0 Å². The van der Waals surface area contributed by atoms with Crippen molar-refractivity contribution >= 4 is 23.5 Å². The highest BCUT2D eigenvalue weighted by Crippen LogP contribution is 2.17. The van der Waals surface area contributed by atoms with Gasteiger partial charge in [0.05, 0.1) is 10.5 Å². The number of rotatable bonds is 6. The second-order valence-electron chi connectivity index (χ2n) is 6.33. The zero-order valence-corrected chi connectivity index (χ0v) is 15.6. The van der Waals surface area contributed by atoms with Gasteiger partial charge in [0, 0.05) is 17.7 Å². The summed E-state index contributed by atoms with van der Waals surface area (Å²) in [5.41, 5.74) is 2.40. The number of nitro benzene ring substituents is 1. The van der Waals surface area contributed by atoms with E-state index < -0.39 is 10.9 Å². The number of esters is 1. The van der Waals surface area contributed by atoms with Crippen molar-refractivity contribution in [3.8, 4) is 5.75 Å². The maximum Gasteiger partial charge on any atom is 0.343 e. The molecule has 0 spiro atoms. The monoisotopic (exact) mass is 387 g/mol. The van der Waals surface area contributed by atoms with Crippen molar-refractivity contribution in [2.24, 2.45) is 0 Å². The Morgan fingerprint density at radius 2 is 1.59 bits per heavy atom. The first-order chi connectivity index (χ1) is 13.9. The number of hydrogen-bond acceptors (Lipinski definition) is 5. The number of ketones is 1. The van der Waals surface area contributed by atoms with E-state index in [1.807, 2.05) is 19.1 Å². The van der Waals surface area contributed by atoms with Crippen LogP contribution in [0.4, 0.5) is 5.69 Å². The van der Waals surface area contributed by atoms with Crippen LogP contribution in [0, 0.1) is 17.0 Å². The Morgan fingerprint density at radius 1 is 0.931 bits per heavy atom. The van der Waals surface area contributed by atoms with E-state index in [2.05, 4.69) is 0 Å². The molecule has 0 atom stereocenters. The van der Waals surface area contributed by atoms with Crippen LogP contribution in [-0.2, 0) is 0 Å². The van der Waals surface area contributed by atoms with E-state index in [-0.39, 0.29) is 11.5 Å². The van der Waals surface area contributed by atoms with Crippen LogP contribution in [0.3, 0.4) is 0 Å². The molecule has 0 heterocycles. The number of aryl methyl sites for hydroxylation is 1. The van der Waals surface area contributed by atoms with Gasteiger partial charge in [-0.1, -0.05) is 35.9 Å². The molecular weight excluding hydrogens is 370 g/mol. The largest absolute Gasteiger partial charge is 0.423 e. The van der Waals surface area contributed by atoms with E-state index in [0.29, 0.717) is 22.4 Å². The third-order valence-corrected chi connectivity index (χ3v) is 4.14. The molecule has 0 aliphatic rings. The normalized spacial score (nSPS) is 10.7. The smallest absolute Gasteiger partial charge is 0.343 e. The molecule has 0 fully saturated rings. The highest BCUT2D eigenvalue weighted by Gasteiger charge is 2.09. The van der Waals surface area contributed by atoms with Gasteiger partial charge in [-0.05, 0) is 55.0 Å². The van der Waals surface area contributed by atoms with Crippen LogP contribution in [0.1, 0.15) is 31.8 Å². The zero-order valence-electron chi connectivity index (χ0n) is 15.6. The summed E-state index contributed by atoms with van der Waals surface area (Å²) >= 11 is 0. The summed E-state index contributed by atoms with van der Waals surface area (Å²) in [5, 5.41) is 10.8. The van der Waals surface area contributed by atoms with Crippen LogP contribution in [0.2, 0.25) is 0 Å². The van der Waals surface area contributed by atoms with Gasteiger partial charge in [0.1, 0.15) is 5.75 Å². The average Bonchev–Trinajstić information content (AvgIpc) is 2.73. The maximum atomic E-state index is 12.3. The first kappa shape index (κ1) is 19.7. The summed E-state index contributed by atoms with van der Waals surface area (Å²) in [7, 11) is 0. The Bertz CT molecular complexity index is 1080. The molecule has 3 aromatic rings. The minimum absolute atomic E-state index is 0.0423. The molecule has 144 valence electrons. The number of nitro groups is 1. The molecule has 0 amide bonds. The number of non-ortho nitro benzene ring substituents is 1. The van der Waals surface area contributed by atoms with Gasteiger partial charge in [0.15, 0.2) is 5.78 Å². The van der Waals surface area contributed by atoms with Gasteiger partial charge in [-0.3, -0.25) is 14.9 Å². The Kier molecular flexibility index (Phi) is 5.94. The molecule has 0 unspecified atom stereocenters. The van der Waals surface area contributed by atoms with E-state index >= 15 is 0 Å². The van der Waals surface area contributed by atoms with Gasteiger partial charge in [0.2, 0.25) is 0 Å². The molecule has 6 heteroatoms. The number of allylic oxidation sites excluding steroid dienone is 1. The van der Waals surface area contributed by atoms with E-state index in [1.54, 1.807) is 48.5 Å². The predicted molar refractivity (Wildman–Crippen MR) is 109 cm³/mol. The average molecular weight is 387 g/mol. The third kappa shape index (κ3) is 5.23. The van der Waals surface area contributed by atoms with Crippen molar-refractivity contribution in [3.63, 3.8) is 0 Å². The van der Waals surface area contributed by atoms with Crippen molar-refractivity contribution in [2.75, 3.05) is 0 Å². The van der Waals surface area contributed by atoms with Crippen LogP contribution in [0.15, 0.2) is 78.9 Å². The number of benzene rings is 3. The summed E-state index contributed by atoms with van der Waals surface area (Å²) in [5.74, 6) is -0.419. The Hall–Kier alpha value is -4.06. The Balaban J connectivity index is 1.65. The van der Waals surface area contributed by atoms with Crippen LogP contribution in [0.5, 0.6) is 5.75 Å². The van der Waals surface area contributed by atoms with Gasteiger partial charge in [-0.25, -0.2) is 4.79 Å². The maximum absolute atomic E-state index is 12.3. The second-order valence-corrected chi connectivity index (χ2v) is 6.33. The van der Waals surface area contributed by atoms with E-state index in [4.69, 9.17) is 4.74 Å². The number of hydrogen-bond donors (Lipinski definition) is 0. The molecule has 0 saturated heterocycles. The lowest BCUT2D eigenvalue weighted by molar-refractivity contribution is -0.384. The quantitative estimate of drug-likeness (QED) is 0.148. The van der Waals surface area contributed by atoms with Crippen molar-refractivity contribution < 1.29 is 19.2 Å². The molecule has 0 N–H and O–H groups in total. The summed E-state index contributed by atoms with van der Waals surface area (Å²) in [6.45, 7) is 1.93. The lowest BCUT2D eigenvalue weighted by Crippen LogP contribution is -2.08. The van der Waals surface area contributed by atoms with E-state index in [9.17, 15) is 19.7 Å². The molecule has 3 aromatic carbocycles. The molecule has 6 nitrogen and oxygen atoms in total. The van der Waals surface area contributed by atoms with Gasteiger partial charge in [-0.15, -0.1) is 0 Å². The van der Waals surface area contributed by atoms with Gasteiger partial charge >= 0.3 is 5.97 Å². The minimum atomic E-state index is -0.490. The van der Waals surface area contributed by atoms with Gasteiger partial charge in [-0.2, -0.15) is 0 Å². The molecular formula is C23H17NO5. The molecule has 3 rings (SSSR count). The van der Waals surface area contributed by atoms with E-state index in [0.717, 1.165) is 5.56 Å². The molecule has 0 bridgehead atoms. The summed E-state index contributed by atoms with van der Waals surface area (Å²) in [6.07, 6.45) is 2.85. The zero-order chi connectivity index (χ0) is 20.8. The number of ether oxygens (including phenoxy) is 1. The molecule has 0 saturated carbocycles. The highest BCUT2D eigenvalue weighted by atomic mass is 16.6. The highest BCUT2D eigenvalue weighted by molar-refractivity contribution is 6.06. The summed E-state index contributed by atoms with van der Waals surface area (Å²) in [6, 6.07) is 19.2. The lowest BCUT2D eigenvalue weighted by Gasteiger charge is -2.05. The number of nitrogens with zero attached hydrogens (tertiary/aromatic N) is 1. The molecule has 29 heavy (non-hydrogen) atoms. The number of carbonyl (C=O) groups excluding carboxylic acids is 2. The molecule has 0 radical (unpaired) electrons. The van der Waals surface area contributed by atoms with Crippen molar-refractivity contribution in [1.29, 1.82) is 0 Å². The fourth-order valence-electron chi connectivity index (χ4n) is 2.55. The van der Waals surface area contributed by atoms with Crippen molar-refractivity contribution in [2.45, 2.75) is 6.92 Å². The van der Waals surface area contributed by atoms with Crippen LogP contribution in [0.25, 0.3) is 6.08 Å². The van der Waals surface area contributed by atoms with Gasteiger partial charge < -0.3 is 4.74 Å². The Morgan fingerprint density at radius 3 is 2.24 bits per heavy atom. The fourth-order valence-corrected chi connectivity index (χ4v) is 2.55. The van der Waals surface area contributed by atoms with Crippen LogP contribution < -0.4 is 4.74 Å². The summed E-state index contributed by atoms with van der Waals surface area (Å²) in [4.78, 5) is 34.7. The summed E-state index contributed by atoms with van der Waals surface area (Å²) < 4.78 is 5.31. The molecule has 0 aliphatic carbocycles. The molecule has 0 aliphatic heterocycles. The van der Waals surface area contributed by atoms with Crippen LogP contribution >= 0.6 is 0 Å². The molecule has 0 aromatic heterocycles. The fraction of sp³-hybridized carbons (Fsp3) is 0.0435. The van der Waals surface area contributed by atoms with Crippen LogP contribution in [-0.4, -0.2) is 16.7 Å². The second kappa shape index (κ2) is 8.75. The first-order valence-corrected chi connectivity index (χ1v) is 8.78.